The van der Waals surface area contributed by atoms with Crippen LogP contribution >= 0.6 is 23.2 Å². The van der Waals surface area contributed by atoms with Crippen LogP contribution in [-0.4, -0.2) is 38.6 Å². The van der Waals surface area contributed by atoms with Crippen molar-refractivity contribution in [2.45, 2.75) is 6.04 Å². The van der Waals surface area contributed by atoms with E-state index in [1.54, 1.807) is 6.07 Å². The van der Waals surface area contributed by atoms with Crippen molar-refractivity contribution in [2.75, 3.05) is 33.7 Å². The number of rotatable bonds is 6. The van der Waals surface area contributed by atoms with E-state index in [0.717, 1.165) is 18.7 Å². The highest BCUT2D eigenvalue weighted by atomic mass is 35.5. The van der Waals surface area contributed by atoms with E-state index in [-0.39, 0.29) is 6.04 Å². The highest BCUT2D eigenvalue weighted by Gasteiger charge is 2.10. The van der Waals surface area contributed by atoms with Gasteiger partial charge in [-0.2, -0.15) is 0 Å². The standard InChI is InChI=1S/C12H19Cl2N3/c1-17(2)4-3-16-12(8-15)9-5-10(13)7-11(14)6-9/h5-7,12,16H,3-4,8,15H2,1-2H3. The fraction of sp³-hybridized carbons (Fsp3) is 0.500. The monoisotopic (exact) mass is 275 g/mol. The molecule has 0 saturated heterocycles. The molecule has 5 heteroatoms. The van der Waals surface area contributed by atoms with E-state index in [1.807, 2.05) is 26.2 Å². The van der Waals surface area contributed by atoms with Gasteiger partial charge in [0.25, 0.3) is 0 Å². The van der Waals surface area contributed by atoms with E-state index in [9.17, 15) is 0 Å². The van der Waals surface area contributed by atoms with Crippen LogP contribution in [0.4, 0.5) is 0 Å². The summed E-state index contributed by atoms with van der Waals surface area (Å²) in [7, 11) is 4.07. The summed E-state index contributed by atoms with van der Waals surface area (Å²) >= 11 is 11.9. The maximum absolute atomic E-state index is 5.97. The van der Waals surface area contributed by atoms with Crippen LogP contribution in [0.15, 0.2) is 18.2 Å². The number of benzene rings is 1. The Hall–Kier alpha value is -0.320. The molecule has 0 aromatic heterocycles. The third kappa shape index (κ3) is 5.23. The molecule has 3 nitrogen and oxygen atoms in total. The molecular formula is C12H19Cl2N3. The van der Waals surface area contributed by atoms with E-state index in [2.05, 4.69) is 10.2 Å². The molecule has 0 fully saturated rings. The number of likely N-dealkylation sites (N-methyl/N-ethyl adjacent to an activating group) is 1. The summed E-state index contributed by atoms with van der Waals surface area (Å²) in [6.45, 7) is 2.36. The SMILES string of the molecule is CN(C)CCNC(CN)c1cc(Cl)cc(Cl)c1. The van der Waals surface area contributed by atoms with E-state index in [1.165, 1.54) is 0 Å². The normalized spacial score (nSPS) is 13.1. The van der Waals surface area contributed by atoms with Crippen molar-refractivity contribution in [3.8, 4) is 0 Å². The molecule has 1 atom stereocenters. The van der Waals surface area contributed by atoms with E-state index >= 15 is 0 Å². The molecule has 3 N–H and O–H groups in total. The second-order valence-electron chi connectivity index (χ2n) is 4.25. The summed E-state index contributed by atoms with van der Waals surface area (Å²) in [5.41, 5.74) is 6.79. The van der Waals surface area contributed by atoms with Crippen LogP contribution in [0.5, 0.6) is 0 Å². The van der Waals surface area contributed by atoms with Gasteiger partial charge in [0.2, 0.25) is 0 Å². The number of hydrogen-bond donors (Lipinski definition) is 2. The lowest BCUT2D eigenvalue weighted by Crippen LogP contribution is -2.33. The highest BCUT2D eigenvalue weighted by Crippen LogP contribution is 2.23. The van der Waals surface area contributed by atoms with Gasteiger partial charge in [-0.15, -0.1) is 0 Å². The fourth-order valence-electron chi connectivity index (χ4n) is 1.58. The minimum Gasteiger partial charge on any atom is -0.329 e. The van der Waals surface area contributed by atoms with Gasteiger partial charge in [0, 0.05) is 35.7 Å². The zero-order valence-corrected chi connectivity index (χ0v) is 11.7. The number of nitrogens with zero attached hydrogens (tertiary/aromatic N) is 1. The van der Waals surface area contributed by atoms with Crippen LogP contribution < -0.4 is 11.1 Å². The van der Waals surface area contributed by atoms with Crippen LogP contribution in [0.3, 0.4) is 0 Å². The first-order chi connectivity index (χ1) is 8.02. The number of halogens is 2. The molecule has 17 heavy (non-hydrogen) atoms. The molecule has 1 unspecified atom stereocenters. The molecule has 0 heterocycles. The van der Waals surface area contributed by atoms with Gasteiger partial charge in [0.1, 0.15) is 0 Å². The summed E-state index contributed by atoms with van der Waals surface area (Å²) in [6.07, 6.45) is 0. The topological polar surface area (TPSA) is 41.3 Å². The molecule has 0 spiro atoms. The molecular weight excluding hydrogens is 257 g/mol. The van der Waals surface area contributed by atoms with Gasteiger partial charge in [-0.05, 0) is 37.9 Å². The van der Waals surface area contributed by atoms with E-state index < -0.39 is 0 Å². The molecule has 1 aromatic rings. The number of nitrogens with one attached hydrogen (secondary N) is 1. The quantitative estimate of drug-likeness (QED) is 0.836. The van der Waals surface area contributed by atoms with Gasteiger partial charge < -0.3 is 16.0 Å². The predicted octanol–water partition coefficient (Wildman–Crippen LogP) is 2.14. The molecule has 1 aromatic carbocycles. The molecule has 0 radical (unpaired) electrons. The predicted molar refractivity (Wildman–Crippen MR) is 74.8 cm³/mol. The van der Waals surface area contributed by atoms with Crippen molar-refractivity contribution in [1.29, 1.82) is 0 Å². The maximum Gasteiger partial charge on any atom is 0.0446 e. The summed E-state index contributed by atoms with van der Waals surface area (Å²) in [4.78, 5) is 2.12. The van der Waals surface area contributed by atoms with E-state index in [4.69, 9.17) is 28.9 Å². The molecule has 0 bridgehead atoms. The Bertz CT molecular complexity index is 335. The summed E-state index contributed by atoms with van der Waals surface area (Å²) < 4.78 is 0. The second kappa shape index (κ2) is 7.19. The van der Waals surface area contributed by atoms with Crippen molar-refractivity contribution in [1.82, 2.24) is 10.2 Å². The smallest absolute Gasteiger partial charge is 0.0446 e. The zero-order chi connectivity index (χ0) is 12.8. The first-order valence-electron chi connectivity index (χ1n) is 5.57. The summed E-state index contributed by atoms with van der Waals surface area (Å²) in [5, 5.41) is 4.67. The van der Waals surface area contributed by atoms with Crippen molar-refractivity contribution in [3.05, 3.63) is 33.8 Å². The summed E-state index contributed by atoms with van der Waals surface area (Å²) in [6, 6.07) is 5.60. The van der Waals surface area contributed by atoms with Crippen LogP contribution in [0.1, 0.15) is 11.6 Å². The highest BCUT2D eigenvalue weighted by molar-refractivity contribution is 6.34. The first-order valence-corrected chi connectivity index (χ1v) is 6.32. The Kier molecular flexibility index (Phi) is 6.23. The lowest BCUT2D eigenvalue weighted by atomic mass is 10.1. The number of hydrogen-bond acceptors (Lipinski definition) is 3. The van der Waals surface area contributed by atoms with Gasteiger partial charge in [0.05, 0.1) is 0 Å². The Morgan fingerprint density at radius 2 is 1.82 bits per heavy atom. The number of nitrogens with two attached hydrogens (primary N) is 1. The van der Waals surface area contributed by atoms with Gasteiger partial charge in [-0.1, -0.05) is 23.2 Å². The molecule has 1 rings (SSSR count). The fourth-order valence-corrected chi connectivity index (χ4v) is 2.12. The van der Waals surface area contributed by atoms with Gasteiger partial charge >= 0.3 is 0 Å². The van der Waals surface area contributed by atoms with Crippen molar-refractivity contribution < 1.29 is 0 Å². The Morgan fingerprint density at radius 1 is 1.24 bits per heavy atom. The third-order valence-corrected chi connectivity index (χ3v) is 2.91. The van der Waals surface area contributed by atoms with Gasteiger partial charge in [0.15, 0.2) is 0 Å². The van der Waals surface area contributed by atoms with Gasteiger partial charge in [-0.3, -0.25) is 0 Å². The second-order valence-corrected chi connectivity index (χ2v) is 5.12. The van der Waals surface area contributed by atoms with Crippen LogP contribution in [0.25, 0.3) is 0 Å². The van der Waals surface area contributed by atoms with Gasteiger partial charge in [-0.25, -0.2) is 0 Å². The molecule has 96 valence electrons. The molecule has 0 aliphatic carbocycles. The average molecular weight is 276 g/mol. The third-order valence-electron chi connectivity index (χ3n) is 2.47. The first kappa shape index (κ1) is 14.7. The van der Waals surface area contributed by atoms with Crippen LogP contribution in [0.2, 0.25) is 10.0 Å². The van der Waals surface area contributed by atoms with Crippen molar-refractivity contribution in [2.24, 2.45) is 5.73 Å². The van der Waals surface area contributed by atoms with Crippen molar-refractivity contribution in [3.63, 3.8) is 0 Å². The molecule has 0 aliphatic heterocycles. The minimum atomic E-state index is 0.0890. The molecule has 0 saturated carbocycles. The lowest BCUT2D eigenvalue weighted by Gasteiger charge is -2.19. The largest absolute Gasteiger partial charge is 0.329 e. The minimum absolute atomic E-state index is 0.0890. The van der Waals surface area contributed by atoms with Crippen LogP contribution in [-0.2, 0) is 0 Å². The maximum atomic E-state index is 5.97. The zero-order valence-electron chi connectivity index (χ0n) is 10.2. The average Bonchev–Trinajstić information content (AvgIpc) is 2.22. The lowest BCUT2D eigenvalue weighted by molar-refractivity contribution is 0.385. The Balaban J connectivity index is 2.65. The van der Waals surface area contributed by atoms with E-state index in [0.29, 0.717) is 16.6 Å². The molecule has 0 amide bonds. The summed E-state index contributed by atoms with van der Waals surface area (Å²) in [5.74, 6) is 0. The Labute approximate surface area is 113 Å². The molecule has 0 aliphatic rings. The van der Waals surface area contributed by atoms with Crippen LogP contribution in [0, 0.1) is 0 Å². The Morgan fingerprint density at radius 3 is 2.29 bits per heavy atom. The van der Waals surface area contributed by atoms with Crippen molar-refractivity contribution >= 4 is 23.2 Å².